The third-order valence-corrected chi connectivity index (χ3v) is 2.99. The topological polar surface area (TPSA) is 0 Å². The Bertz CT molecular complexity index is 720. The molecule has 0 aliphatic rings. The first-order valence-corrected chi connectivity index (χ1v) is 5.69. The van der Waals surface area contributed by atoms with Crippen molar-refractivity contribution in [3.8, 4) is 0 Å². The summed E-state index contributed by atoms with van der Waals surface area (Å²) in [5, 5.41) is 0. The van der Waals surface area contributed by atoms with Gasteiger partial charge in [0.05, 0.1) is 0 Å². The molecule has 0 aliphatic heterocycles. The van der Waals surface area contributed by atoms with E-state index < -0.39 is 76.1 Å². The first kappa shape index (κ1) is 18.1. The second kappa shape index (κ2) is 5.98. The van der Waals surface area contributed by atoms with Gasteiger partial charge in [0.1, 0.15) is 0 Å². The number of benzene rings is 2. The standard InChI is InChI=1S/C12BF11/c14-3-1(4(15)8(19)11(22)7(3)18)13(24)2-5(16)9(20)12(23)10(21)6(2)17. The Morgan fingerprint density at radius 1 is 0.333 bits per heavy atom. The summed E-state index contributed by atoms with van der Waals surface area (Å²) in [6.07, 6.45) is 0. The van der Waals surface area contributed by atoms with Crippen LogP contribution >= 0.6 is 0 Å². The molecule has 2 aromatic rings. The molecule has 0 saturated carbocycles. The molecule has 24 heavy (non-hydrogen) atoms. The van der Waals surface area contributed by atoms with E-state index in [1.54, 1.807) is 0 Å². The molecule has 0 unspecified atom stereocenters. The third kappa shape index (κ3) is 2.40. The molecule has 0 saturated heterocycles. The van der Waals surface area contributed by atoms with Gasteiger partial charge in [0.15, 0.2) is 58.2 Å². The number of hydrogen-bond acceptors (Lipinski definition) is 0. The van der Waals surface area contributed by atoms with E-state index in [9.17, 15) is 48.2 Å². The molecule has 0 aromatic heterocycles. The second-order valence-electron chi connectivity index (χ2n) is 4.33. The minimum atomic E-state index is -3.86. The van der Waals surface area contributed by atoms with Crippen LogP contribution in [0.5, 0.6) is 0 Å². The van der Waals surface area contributed by atoms with Gasteiger partial charge in [0.25, 0.3) is 0 Å². The fourth-order valence-corrected chi connectivity index (χ4v) is 1.83. The molecule has 0 N–H and O–H groups in total. The van der Waals surface area contributed by atoms with Gasteiger partial charge in [0, 0.05) is 10.9 Å². The van der Waals surface area contributed by atoms with Crippen LogP contribution < -0.4 is 10.9 Å². The average Bonchev–Trinajstić information content (AvgIpc) is 2.55. The van der Waals surface area contributed by atoms with Crippen LogP contribution in [0, 0.1) is 58.2 Å². The van der Waals surface area contributed by atoms with Crippen LogP contribution in [0.3, 0.4) is 0 Å². The van der Waals surface area contributed by atoms with E-state index in [4.69, 9.17) is 0 Å². The fourth-order valence-electron chi connectivity index (χ4n) is 1.83. The van der Waals surface area contributed by atoms with Gasteiger partial charge in [0.2, 0.25) is 0 Å². The van der Waals surface area contributed by atoms with E-state index in [1.165, 1.54) is 0 Å². The van der Waals surface area contributed by atoms with Gasteiger partial charge in [-0.05, 0) is 0 Å². The van der Waals surface area contributed by atoms with Gasteiger partial charge in [-0.15, -0.1) is 0 Å². The van der Waals surface area contributed by atoms with Gasteiger partial charge in [-0.3, -0.25) is 0 Å². The van der Waals surface area contributed by atoms with Crippen molar-refractivity contribution >= 4 is 17.9 Å². The lowest BCUT2D eigenvalue weighted by molar-refractivity contribution is 0.381. The van der Waals surface area contributed by atoms with Crippen molar-refractivity contribution in [3.05, 3.63) is 58.2 Å². The highest BCUT2D eigenvalue weighted by atomic mass is 19.2. The van der Waals surface area contributed by atoms with Gasteiger partial charge in [-0.1, -0.05) is 0 Å². The van der Waals surface area contributed by atoms with E-state index in [1.807, 2.05) is 0 Å². The summed E-state index contributed by atoms with van der Waals surface area (Å²) in [4.78, 5) is 0. The summed E-state index contributed by atoms with van der Waals surface area (Å²) in [6.45, 7) is -3.86. The summed E-state index contributed by atoms with van der Waals surface area (Å²) < 4.78 is 145. The zero-order chi connectivity index (χ0) is 18.5. The van der Waals surface area contributed by atoms with Crippen molar-refractivity contribution in [1.29, 1.82) is 0 Å². The van der Waals surface area contributed by atoms with Gasteiger partial charge < -0.3 is 4.32 Å². The Hall–Kier alpha value is -2.27. The Balaban J connectivity index is 2.84. The van der Waals surface area contributed by atoms with Crippen LogP contribution in [0.25, 0.3) is 0 Å². The summed E-state index contributed by atoms with van der Waals surface area (Å²) in [5.74, 6) is -27.3. The molecule has 128 valence electrons. The zero-order valence-corrected chi connectivity index (χ0v) is 10.7. The first-order valence-electron chi connectivity index (χ1n) is 5.69. The van der Waals surface area contributed by atoms with Crippen LogP contribution in [0.4, 0.5) is 48.2 Å². The molecular formula is C12BF11. The van der Waals surface area contributed by atoms with E-state index in [0.29, 0.717) is 0 Å². The molecule has 0 spiro atoms. The van der Waals surface area contributed by atoms with E-state index in [0.717, 1.165) is 0 Å². The molecule has 0 heterocycles. The SMILES string of the molecule is FB(c1c(F)c(F)c(F)c(F)c1F)c1c(F)c(F)c(F)c(F)c1F. The van der Waals surface area contributed by atoms with Crippen molar-refractivity contribution in [1.82, 2.24) is 0 Å². The second-order valence-corrected chi connectivity index (χ2v) is 4.33. The smallest absolute Gasteiger partial charge is 0.322 e. The largest absolute Gasteiger partial charge is 0.425 e. The molecule has 0 bridgehead atoms. The summed E-state index contributed by atoms with van der Waals surface area (Å²) in [5.41, 5.74) is -4.79. The highest BCUT2D eigenvalue weighted by molar-refractivity contribution is 6.79. The number of rotatable bonds is 2. The number of halogens is 11. The predicted molar refractivity (Wildman–Crippen MR) is 58.6 cm³/mol. The maximum Gasteiger partial charge on any atom is 0.425 e. The normalized spacial score (nSPS) is 11.1. The van der Waals surface area contributed by atoms with Crippen LogP contribution in [-0.4, -0.2) is 6.99 Å². The highest BCUT2D eigenvalue weighted by Gasteiger charge is 2.40. The first-order chi connectivity index (χ1) is 11.0. The molecule has 0 atom stereocenters. The molecule has 0 amide bonds. The van der Waals surface area contributed by atoms with Crippen molar-refractivity contribution in [2.75, 3.05) is 0 Å². The minimum absolute atomic E-state index is 2.39. The zero-order valence-electron chi connectivity index (χ0n) is 10.7. The predicted octanol–water partition coefficient (Wildman–Crippen LogP) is 3.15. The van der Waals surface area contributed by atoms with Gasteiger partial charge in [-0.2, -0.15) is 0 Å². The van der Waals surface area contributed by atoms with Gasteiger partial charge in [-0.25, -0.2) is 43.9 Å². The minimum Gasteiger partial charge on any atom is -0.322 e. The lowest BCUT2D eigenvalue weighted by atomic mass is 9.57. The van der Waals surface area contributed by atoms with E-state index in [2.05, 4.69) is 0 Å². The third-order valence-electron chi connectivity index (χ3n) is 2.99. The molecule has 0 radical (unpaired) electrons. The Labute approximate surface area is 125 Å². The Kier molecular flexibility index (Phi) is 4.51. The summed E-state index contributed by atoms with van der Waals surface area (Å²) in [7, 11) is 0. The van der Waals surface area contributed by atoms with Crippen LogP contribution in [-0.2, 0) is 0 Å². The lowest BCUT2D eigenvalue weighted by Gasteiger charge is -2.13. The summed E-state index contributed by atoms with van der Waals surface area (Å²) in [6, 6.07) is 0. The fraction of sp³-hybridized carbons (Fsp3) is 0. The molecule has 0 nitrogen and oxygen atoms in total. The Morgan fingerprint density at radius 2 is 0.500 bits per heavy atom. The maximum absolute atomic E-state index is 14.0. The molecule has 0 aliphatic carbocycles. The molecular weight excluding hydrogens is 364 g/mol. The van der Waals surface area contributed by atoms with E-state index >= 15 is 0 Å². The van der Waals surface area contributed by atoms with Crippen LogP contribution in [0.15, 0.2) is 0 Å². The lowest BCUT2D eigenvalue weighted by Crippen LogP contribution is -2.48. The molecule has 12 heteroatoms. The summed E-state index contributed by atoms with van der Waals surface area (Å²) >= 11 is 0. The quantitative estimate of drug-likeness (QED) is 0.333. The van der Waals surface area contributed by atoms with Crippen molar-refractivity contribution in [2.45, 2.75) is 0 Å². The monoisotopic (exact) mass is 364 g/mol. The van der Waals surface area contributed by atoms with Crippen molar-refractivity contribution in [3.63, 3.8) is 0 Å². The van der Waals surface area contributed by atoms with Crippen molar-refractivity contribution in [2.24, 2.45) is 0 Å². The van der Waals surface area contributed by atoms with Crippen LogP contribution in [0.1, 0.15) is 0 Å². The van der Waals surface area contributed by atoms with Crippen LogP contribution in [0.2, 0.25) is 0 Å². The van der Waals surface area contributed by atoms with Gasteiger partial charge >= 0.3 is 6.99 Å². The van der Waals surface area contributed by atoms with Crippen molar-refractivity contribution < 1.29 is 48.2 Å². The molecule has 2 aromatic carbocycles. The molecule has 0 fully saturated rings. The maximum atomic E-state index is 14.0. The van der Waals surface area contributed by atoms with E-state index in [-0.39, 0.29) is 0 Å². The highest BCUT2D eigenvalue weighted by Crippen LogP contribution is 2.20. The molecule has 2 rings (SSSR count). The Morgan fingerprint density at radius 3 is 0.708 bits per heavy atom. The number of hydrogen-bond donors (Lipinski definition) is 0. The average molecular weight is 364 g/mol.